The number of piperidine rings is 1. The van der Waals surface area contributed by atoms with Crippen molar-refractivity contribution in [2.75, 3.05) is 19.6 Å². The minimum Gasteiger partial charge on any atom is -0.483 e. The Hall–Kier alpha value is -3.23. The molecule has 2 aromatic carbocycles. The van der Waals surface area contributed by atoms with Crippen LogP contribution < -0.4 is 15.4 Å². The van der Waals surface area contributed by atoms with E-state index in [0.717, 1.165) is 48.6 Å². The molecule has 0 radical (unpaired) electrons. The van der Waals surface area contributed by atoms with Gasteiger partial charge in [-0.2, -0.15) is 0 Å². The third kappa shape index (κ3) is 3.50. The average molecular weight is 447 g/mol. The molecule has 1 spiro atoms. The van der Waals surface area contributed by atoms with E-state index in [2.05, 4.69) is 27.7 Å². The maximum Gasteiger partial charge on any atom is 0.255 e. The topological polar surface area (TPSA) is 91.0 Å². The summed E-state index contributed by atoms with van der Waals surface area (Å²) in [6.07, 6.45) is 0.627. The number of rotatable bonds is 3. The Labute approximate surface area is 191 Å². The number of hydrogen-bond donors (Lipinski definition) is 2. The number of carbonyl (C=O) groups is 3. The number of para-hydroxylation sites is 1. The summed E-state index contributed by atoms with van der Waals surface area (Å²) in [4.78, 5) is 41.1. The normalized spacial score (nSPS) is 23.9. The summed E-state index contributed by atoms with van der Waals surface area (Å²) in [5, 5.41) is 5.72. The lowest BCUT2D eigenvalue weighted by Crippen LogP contribution is -2.67. The van der Waals surface area contributed by atoms with Crippen LogP contribution in [0, 0.1) is 0 Å². The van der Waals surface area contributed by atoms with Gasteiger partial charge < -0.3 is 15.0 Å². The average Bonchev–Trinajstić information content (AvgIpc) is 3.00. The van der Waals surface area contributed by atoms with E-state index in [1.54, 1.807) is 4.90 Å². The molecule has 6 rings (SSSR count). The van der Waals surface area contributed by atoms with Gasteiger partial charge in [0.2, 0.25) is 11.8 Å². The van der Waals surface area contributed by atoms with Crippen molar-refractivity contribution in [2.45, 2.75) is 44.1 Å². The standard InChI is InChI=1S/C25H26N4O4/c30-22-9-8-20(23(31)27-22)29-12-19-16(5-3-6-18(19)24(29)32)10-28-11-17-4-1-2-7-21(17)33-25(15-28)13-26-14-25/h1-7,20,26H,8-15H2,(H,27,30,31). The molecule has 0 saturated carbocycles. The highest BCUT2D eigenvalue weighted by Gasteiger charge is 2.44. The van der Waals surface area contributed by atoms with Gasteiger partial charge in [0.1, 0.15) is 17.4 Å². The van der Waals surface area contributed by atoms with E-state index < -0.39 is 6.04 Å². The zero-order valence-corrected chi connectivity index (χ0v) is 18.3. The number of carbonyl (C=O) groups excluding carboxylic acids is 3. The number of nitrogens with zero attached hydrogens (tertiary/aromatic N) is 2. The Morgan fingerprint density at radius 2 is 1.88 bits per heavy atom. The summed E-state index contributed by atoms with van der Waals surface area (Å²) in [6.45, 7) is 4.28. The highest BCUT2D eigenvalue weighted by atomic mass is 16.5. The molecule has 2 aromatic rings. The van der Waals surface area contributed by atoms with Crippen molar-refractivity contribution >= 4 is 17.7 Å². The van der Waals surface area contributed by atoms with Crippen molar-refractivity contribution in [1.82, 2.24) is 20.4 Å². The smallest absolute Gasteiger partial charge is 0.255 e. The number of benzene rings is 2. The molecule has 8 nitrogen and oxygen atoms in total. The van der Waals surface area contributed by atoms with E-state index in [1.165, 1.54) is 0 Å². The van der Waals surface area contributed by atoms with Gasteiger partial charge in [0.15, 0.2) is 0 Å². The predicted molar refractivity (Wildman–Crippen MR) is 119 cm³/mol. The first-order valence-electron chi connectivity index (χ1n) is 11.5. The highest BCUT2D eigenvalue weighted by molar-refractivity contribution is 6.05. The van der Waals surface area contributed by atoms with Crippen LogP contribution in [0.25, 0.3) is 0 Å². The second kappa shape index (κ2) is 7.67. The molecule has 1 atom stereocenters. The van der Waals surface area contributed by atoms with Gasteiger partial charge in [-0.25, -0.2) is 0 Å². The van der Waals surface area contributed by atoms with Crippen LogP contribution in [-0.4, -0.2) is 58.8 Å². The summed E-state index contributed by atoms with van der Waals surface area (Å²) in [7, 11) is 0. The number of ether oxygens (including phenoxy) is 1. The van der Waals surface area contributed by atoms with Gasteiger partial charge in [-0.05, 0) is 29.7 Å². The van der Waals surface area contributed by atoms with E-state index >= 15 is 0 Å². The van der Waals surface area contributed by atoms with E-state index in [9.17, 15) is 14.4 Å². The van der Waals surface area contributed by atoms with Crippen LogP contribution in [0.15, 0.2) is 42.5 Å². The van der Waals surface area contributed by atoms with Crippen molar-refractivity contribution < 1.29 is 19.1 Å². The summed E-state index contributed by atoms with van der Waals surface area (Å²) in [5.74, 6) is 0.156. The SMILES string of the molecule is O=C1CCC(N2Cc3c(CN4Cc5ccccc5OC5(CNC5)C4)cccc3C2=O)C(=O)N1. The molecule has 0 aliphatic carbocycles. The number of amides is 3. The third-order valence-electron chi connectivity index (χ3n) is 7.17. The maximum absolute atomic E-state index is 13.2. The number of fused-ring (bicyclic) bond motifs is 2. The fourth-order valence-corrected chi connectivity index (χ4v) is 5.44. The number of nitrogens with one attached hydrogen (secondary N) is 2. The Bertz CT molecular complexity index is 1160. The van der Waals surface area contributed by atoms with Crippen LogP contribution in [0.2, 0.25) is 0 Å². The molecular weight excluding hydrogens is 420 g/mol. The molecule has 0 aromatic heterocycles. The van der Waals surface area contributed by atoms with Gasteiger partial charge in [0.05, 0.1) is 0 Å². The van der Waals surface area contributed by atoms with Crippen molar-refractivity contribution in [2.24, 2.45) is 0 Å². The van der Waals surface area contributed by atoms with Crippen LogP contribution in [-0.2, 0) is 29.2 Å². The van der Waals surface area contributed by atoms with Gasteiger partial charge in [0.25, 0.3) is 5.91 Å². The Balaban J connectivity index is 1.27. The molecule has 33 heavy (non-hydrogen) atoms. The molecule has 0 bridgehead atoms. The van der Waals surface area contributed by atoms with Gasteiger partial charge >= 0.3 is 0 Å². The monoisotopic (exact) mass is 446 g/mol. The lowest BCUT2D eigenvalue weighted by Gasteiger charge is -2.43. The van der Waals surface area contributed by atoms with E-state index in [4.69, 9.17) is 4.74 Å². The molecule has 2 saturated heterocycles. The Morgan fingerprint density at radius 1 is 1.03 bits per heavy atom. The van der Waals surface area contributed by atoms with Crippen LogP contribution in [0.1, 0.15) is 39.9 Å². The van der Waals surface area contributed by atoms with Gasteiger partial charge in [-0.1, -0.05) is 30.3 Å². The first-order chi connectivity index (χ1) is 16.0. The summed E-state index contributed by atoms with van der Waals surface area (Å²) < 4.78 is 6.44. The predicted octanol–water partition coefficient (Wildman–Crippen LogP) is 1.18. The number of imide groups is 1. The lowest BCUT2D eigenvalue weighted by molar-refractivity contribution is -0.136. The van der Waals surface area contributed by atoms with E-state index in [1.807, 2.05) is 30.3 Å². The minimum absolute atomic E-state index is 0.134. The molecule has 3 amide bonds. The van der Waals surface area contributed by atoms with Crippen molar-refractivity contribution in [1.29, 1.82) is 0 Å². The lowest BCUT2D eigenvalue weighted by atomic mass is 9.95. The molecule has 2 fully saturated rings. The van der Waals surface area contributed by atoms with Gasteiger partial charge in [-0.3, -0.25) is 24.6 Å². The quantitative estimate of drug-likeness (QED) is 0.689. The first kappa shape index (κ1) is 20.4. The highest BCUT2D eigenvalue weighted by Crippen LogP contribution is 2.34. The molecule has 4 aliphatic heterocycles. The van der Waals surface area contributed by atoms with E-state index in [0.29, 0.717) is 25.1 Å². The molecule has 1 unspecified atom stereocenters. The fourth-order valence-electron chi connectivity index (χ4n) is 5.44. The first-order valence-corrected chi connectivity index (χ1v) is 11.5. The maximum atomic E-state index is 13.2. The van der Waals surface area contributed by atoms with Gasteiger partial charge in [0, 0.05) is 56.8 Å². The van der Waals surface area contributed by atoms with Crippen molar-refractivity contribution in [3.05, 3.63) is 64.7 Å². The zero-order valence-electron chi connectivity index (χ0n) is 18.3. The second-order valence-corrected chi connectivity index (χ2v) is 9.48. The summed E-state index contributed by atoms with van der Waals surface area (Å²) >= 11 is 0. The van der Waals surface area contributed by atoms with Crippen LogP contribution in [0.3, 0.4) is 0 Å². The number of hydrogen-bond acceptors (Lipinski definition) is 6. The van der Waals surface area contributed by atoms with E-state index in [-0.39, 0.29) is 29.7 Å². The van der Waals surface area contributed by atoms with Gasteiger partial charge in [-0.15, -0.1) is 0 Å². The zero-order chi connectivity index (χ0) is 22.6. The molecule has 170 valence electrons. The Morgan fingerprint density at radius 3 is 2.67 bits per heavy atom. The fraction of sp³-hybridized carbons (Fsp3) is 0.400. The molecule has 8 heteroatoms. The molecule has 4 heterocycles. The van der Waals surface area contributed by atoms with Crippen molar-refractivity contribution in [3.63, 3.8) is 0 Å². The third-order valence-corrected chi connectivity index (χ3v) is 7.17. The molecule has 4 aliphatic rings. The largest absolute Gasteiger partial charge is 0.483 e. The van der Waals surface area contributed by atoms with Crippen LogP contribution in [0.4, 0.5) is 0 Å². The molecular formula is C25H26N4O4. The van der Waals surface area contributed by atoms with Crippen molar-refractivity contribution in [3.8, 4) is 5.75 Å². The minimum atomic E-state index is -0.599. The Kier molecular flexibility index (Phi) is 4.74. The summed E-state index contributed by atoms with van der Waals surface area (Å²) in [5.41, 5.74) is 3.65. The van der Waals surface area contributed by atoms with Crippen LogP contribution in [0.5, 0.6) is 5.75 Å². The molecule has 2 N–H and O–H groups in total. The summed E-state index contributed by atoms with van der Waals surface area (Å²) in [6, 6.07) is 13.4. The second-order valence-electron chi connectivity index (χ2n) is 9.48. The van der Waals surface area contributed by atoms with Crippen LogP contribution >= 0.6 is 0 Å².